The average molecular weight is 328 g/mol. The van der Waals surface area contributed by atoms with Crippen molar-refractivity contribution in [3.63, 3.8) is 0 Å². The standard InChI is InChI=1S/C16H22F2N2O3/c1-11-3-2-4-13(10-21)20(11)9-15(22)19-12-5-7-14(8-6-12)23-16(17)18/h5-8,11,13,16,21H,2-4,9-10H2,1H3,(H,19,22). The lowest BCUT2D eigenvalue weighted by atomic mass is 9.97. The van der Waals surface area contributed by atoms with Gasteiger partial charge in [0.05, 0.1) is 13.2 Å². The maximum Gasteiger partial charge on any atom is 0.387 e. The smallest absolute Gasteiger partial charge is 0.387 e. The molecular formula is C16H22F2N2O3. The second-order valence-electron chi connectivity index (χ2n) is 5.74. The van der Waals surface area contributed by atoms with Gasteiger partial charge < -0.3 is 15.2 Å². The number of alkyl halides is 2. The van der Waals surface area contributed by atoms with E-state index in [9.17, 15) is 18.7 Å². The van der Waals surface area contributed by atoms with Crippen molar-refractivity contribution >= 4 is 11.6 Å². The van der Waals surface area contributed by atoms with Crippen molar-refractivity contribution in [1.29, 1.82) is 0 Å². The van der Waals surface area contributed by atoms with E-state index in [1.807, 2.05) is 11.8 Å². The summed E-state index contributed by atoms with van der Waals surface area (Å²) in [6.45, 7) is -0.587. The van der Waals surface area contributed by atoms with Gasteiger partial charge in [-0.25, -0.2) is 0 Å². The fraction of sp³-hybridized carbons (Fsp3) is 0.562. The number of hydrogen-bond donors (Lipinski definition) is 2. The van der Waals surface area contributed by atoms with Crippen LogP contribution in [0, 0.1) is 0 Å². The minimum atomic E-state index is -2.87. The van der Waals surface area contributed by atoms with E-state index in [4.69, 9.17) is 0 Å². The zero-order valence-corrected chi connectivity index (χ0v) is 13.0. The van der Waals surface area contributed by atoms with Gasteiger partial charge in [0.25, 0.3) is 0 Å². The van der Waals surface area contributed by atoms with E-state index in [1.54, 1.807) is 0 Å². The van der Waals surface area contributed by atoms with Crippen molar-refractivity contribution < 1.29 is 23.4 Å². The number of carbonyl (C=O) groups excluding carboxylic acids is 1. The van der Waals surface area contributed by atoms with Crippen LogP contribution in [0.4, 0.5) is 14.5 Å². The first kappa shape index (κ1) is 17.6. The van der Waals surface area contributed by atoms with Gasteiger partial charge in [-0.05, 0) is 44.0 Å². The SMILES string of the molecule is CC1CCCC(CO)N1CC(=O)Nc1ccc(OC(F)F)cc1. The number of anilines is 1. The van der Waals surface area contributed by atoms with Crippen LogP contribution in [0.5, 0.6) is 5.75 Å². The molecule has 2 N–H and O–H groups in total. The number of nitrogens with one attached hydrogen (secondary N) is 1. The molecule has 0 aromatic heterocycles. The first-order valence-corrected chi connectivity index (χ1v) is 7.71. The Balaban J connectivity index is 1.90. The fourth-order valence-corrected chi connectivity index (χ4v) is 2.91. The maximum atomic E-state index is 12.2. The number of likely N-dealkylation sites (tertiary alicyclic amines) is 1. The van der Waals surface area contributed by atoms with Crippen molar-refractivity contribution in [1.82, 2.24) is 4.90 Å². The topological polar surface area (TPSA) is 61.8 Å². The van der Waals surface area contributed by atoms with Gasteiger partial charge in [-0.15, -0.1) is 0 Å². The number of hydrogen-bond acceptors (Lipinski definition) is 4. The highest BCUT2D eigenvalue weighted by Gasteiger charge is 2.28. The molecule has 128 valence electrons. The summed E-state index contributed by atoms with van der Waals surface area (Å²) in [6.07, 6.45) is 2.94. The molecule has 0 saturated carbocycles. The van der Waals surface area contributed by atoms with Gasteiger partial charge in [0, 0.05) is 17.8 Å². The van der Waals surface area contributed by atoms with Crippen LogP contribution in [0.25, 0.3) is 0 Å². The van der Waals surface area contributed by atoms with E-state index < -0.39 is 6.61 Å². The van der Waals surface area contributed by atoms with Crippen LogP contribution < -0.4 is 10.1 Å². The second-order valence-corrected chi connectivity index (χ2v) is 5.74. The zero-order chi connectivity index (χ0) is 16.8. The third-order valence-electron chi connectivity index (χ3n) is 4.09. The Morgan fingerprint density at radius 2 is 2.09 bits per heavy atom. The minimum absolute atomic E-state index is 0.00585. The molecular weight excluding hydrogens is 306 g/mol. The molecule has 1 heterocycles. The van der Waals surface area contributed by atoms with Gasteiger partial charge in [0.2, 0.25) is 5.91 Å². The van der Waals surface area contributed by atoms with Crippen molar-refractivity contribution in [2.45, 2.75) is 44.9 Å². The summed E-state index contributed by atoms with van der Waals surface area (Å²) in [6, 6.07) is 6.03. The molecule has 1 aromatic carbocycles. The molecule has 0 bridgehead atoms. The van der Waals surface area contributed by atoms with E-state index in [0.29, 0.717) is 5.69 Å². The number of ether oxygens (including phenoxy) is 1. The Morgan fingerprint density at radius 1 is 1.39 bits per heavy atom. The Bertz CT molecular complexity index is 511. The van der Waals surface area contributed by atoms with Crippen LogP contribution >= 0.6 is 0 Å². The molecule has 23 heavy (non-hydrogen) atoms. The predicted octanol–water partition coefficient (Wildman–Crippen LogP) is 2.46. The van der Waals surface area contributed by atoms with Crippen molar-refractivity contribution in [2.75, 3.05) is 18.5 Å². The van der Waals surface area contributed by atoms with Gasteiger partial charge in [-0.1, -0.05) is 6.42 Å². The first-order chi connectivity index (χ1) is 11.0. The Morgan fingerprint density at radius 3 is 2.70 bits per heavy atom. The summed E-state index contributed by atoms with van der Waals surface area (Å²) in [5, 5.41) is 12.2. The monoisotopic (exact) mass is 328 g/mol. The summed E-state index contributed by atoms with van der Waals surface area (Å²) >= 11 is 0. The molecule has 2 unspecified atom stereocenters. The van der Waals surface area contributed by atoms with Gasteiger partial charge in [0.15, 0.2) is 0 Å². The lowest BCUT2D eigenvalue weighted by Gasteiger charge is -2.39. The summed E-state index contributed by atoms with van der Waals surface area (Å²) in [5.41, 5.74) is 0.516. The lowest BCUT2D eigenvalue weighted by Crippen LogP contribution is -2.50. The van der Waals surface area contributed by atoms with E-state index >= 15 is 0 Å². The van der Waals surface area contributed by atoms with Crippen molar-refractivity contribution in [3.8, 4) is 5.75 Å². The quantitative estimate of drug-likeness (QED) is 0.842. The molecule has 1 saturated heterocycles. The van der Waals surface area contributed by atoms with Gasteiger partial charge in [-0.2, -0.15) is 8.78 Å². The molecule has 1 aliphatic rings. The molecule has 5 nitrogen and oxygen atoms in total. The number of benzene rings is 1. The number of nitrogens with zero attached hydrogens (tertiary/aromatic N) is 1. The Kier molecular flexibility index (Phi) is 6.29. The maximum absolute atomic E-state index is 12.2. The lowest BCUT2D eigenvalue weighted by molar-refractivity contribution is -0.119. The molecule has 7 heteroatoms. The summed E-state index contributed by atoms with van der Waals surface area (Å²) in [4.78, 5) is 14.2. The van der Waals surface area contributed by atoms with Gasteiger partial charge in [0.1, 0.15) is 5.75 Å². The highest BCUT2D eigenvalue weighted by atomic mass is 19.3. The van der Waals surface area contributed by atoms with Crippen LogP contribution in [-0.2, 0) is 4.79 Å². The third-order valence-corrected chi connectivity index (χ3v) is 4.09. The Hall–Kier alpha value is -1.73. The largest absolute Gasteiger partial charge is 0.435 e. The molecule has 1 aliphatic heterocycles. The number of amides is 1. The molecule has 0 aliphatic carbocycles. The molecule has 1 aromatic rings. The van der Waals surface area contributed by atoms with Gasteiger partial charge in [-0.3, -0.25) is 9.69 Å². The predicted molar refractivity (Wildman–Crippen MR) is 82.6 cm³/mol. The van der Waals surface area contributed by atoms with Crippen LogP contribution in [-0.4, -0.2) is 47.8 Å². The third kappa shape index (κ3) is 5.14. The van der Waals surface area contributed by atoms with Crippen LogP contribution in [0.3, 0.4) is 0 Å². The zero-order valence-electron chi connectivity index (χ0n) is 13.0. The van der Waals surface area contributed by atoms with Crippen LogP contribution in [0.1, 0.15) is 26.2 Å². The Labute approximate surface area is 134 Å². The van der Waals surface area contributed by atoms with E-state index in [-0.39, 0.29) is 36.9 Å². The number of aliphatic hydroxyl groups excluding tert-OH is 1. The number of piperidine rings is 1. The number of halogens is 2. The highest BCUT2D eigenvalue weighted by Crippen LogP contribution is 2.22. The summed E-state index contributed by atoms with van der Waals surface area (Å²) < 4.78 is 28.4. The number of rotatable bonds is 6. The normalized spacial score (nSPS) is 22.1. The van der Waals surface area contributed by atoms with Crippen LogP contribution in [0.15, 0.2) is 24.3 Å². The van der Waals surface area contributed by atoms with Crippen molar-refractivity contribution in [2.24, 2.45) is 0 Å². The molecule has 1 fully saturated rings. The highest BCUT2D eigenvalue weighted by molar-refractivity contribution is 5.92. The van der Waals surface area contributed by atoms with E-state index in [0.717, 1.165) is 19.3 Å². The van der Waals surface area contributed by atoms with Crippen molar-refractivity contribution in [3.05, 3.63) is 24.3 Å². The number of aliphatic hydroxyl groups is 1. The van der Waals surface area contributed by atoms with Gasteiger partial charge >= 0.3 is 6.61 Å². The second kappa shape index (κ2) is 8.21. The summed E-state index contributed by atoms with van der Waals surface area (Å²) in [5.74, 6) is -0.150. The molecule has 2 rings (SSSR count). The van der Waals surface area contributed by atoms with Crippen LogP contribution in [0.2, 0.25) is 0 Å². The van der Waals surface area contributed by atoms with E-state index in [1.165, 1.54) is 24.3 Å². The minimum Gasteiger partial charge on any atom is -0.435 e. The first-order valence-electron chi connectivity index (χ1n) is 7.71. The molecule has 0 spiro atoms. The summed E-state index contributed by atoms with van der Waals surface area (Å²) in [7, 11) is 0. The average Bonchev–Trinajstić information content (AvgIpc) is 2.50. The molecule has 0 radical (unpaired) electrons. The molecule has 1 amide bonds. The number of carbonyl (C=O) groups is 1. The van der Waals surface area contributed by atoms with E-state index in [2.05, 4.69) is 10.1 Å². The fourth-order valence-electron chi connectivity index (χ4n) is 2.91. The molecule has 2 atom stereocenters.